The standard InChI is InChI=1S/C17H20ClN5O2S2/c1-27(24,25)22-14-4-2-3-12(14)9-19-16-21-23-10-15(20-17(23)26-16)11-5-7-13(18)8-6-11/h5-8,10,12,14,22H,2-4,9H2,1H3,(H,19,21). The first-order valence-electron chi connectivity index (χ1n) is 8.71. The van der Waals surface area contributed by atoms with Gasteiger partial charge < -0.3 is 5.32 Å². The summed E-state index contributed by atoms with van der Waals surface area (Å²) in [6, 6.07) is 7.54. The van der Waals surface area contributed by atoms with Gasteiger partial charge in [0.05, 0.1) is 18.1 Å². The molecule has 27 heavy (non-hydrogen) atoms. The van der Waals surface area contributed by atoms with Crippen molar-refractivity contribution in [2.45, 2.75) is 25.3 Å². The van der Waals surface area contributed by atoms with Crippen LogP contribution in [-0.2, 0) is 10.0 Å². The maximum Gasteiger partial charge on any atom is 0.214 e. The summed E-state index contributed by atoms with van der Waals surface area (Å²) in [6.07, 6.45) is 6.02. The maximum absolute atomic E-state index is 11.5. The lowest BCUT2D eigenvalue weighted by atomic mass is 10.1. The molecule has 0 amide bonds. The molecular weight excluding hydrogens is 406 g/mol. The highest BCUT2D eigenvalue weighted by Crippen LogP contribution is 2.28. The highest BCUT2D eigenvalue weighted by molar-refractivity contribution is 7.88. The normalized spacial score (nSPS) is 20.4. The van der Waals surface area contributed by atoms with E-state index in [-0.39, 0.29) is 12.0 Å². The van der Waals surface area contributed by atoms with Crippen LogP contribution in [0.2, 0.25) is 5.02 Å². The van der Waals surface area contributed by atoms with E-state index in [1.54, 1.807) is 4.52 Å². The van der Waals surface area contributed by atoms with Crippen molar-refractivity contribution >= 4 is 43.1 Å². The minimum absolute atomic E-state index is 0.00643. The molecule has 144 valence electrons. The Morgan fingerprint density at radius 3 is 2.78 bits per heavy atom. The van der Waals surface area contributed by atoms with Crippen molar-refractivity contribution in [3.05, 3.63) is 35.5 Å². The van der Waals surface area contributed by atoms with E-state index in [0.717, 1.165) is 40.6 Å². The summed E-state index contributed by atoms with van der Waals surface area (Å²) < 4.78 is 27.5. The molecule has 0 spiro atoms. The van der Waals surface area contributed by atoms with Gasteiger partial charge in [-0.1, -0.05) is 41.5 Å². The van der Waals surface area contributed by atoms with Gasteiger partial charge in [0.2, 0.25) is 20.1 Å². The van der Waals surface area contributed by atoms with Gasteiger partial charge in [-0.05, 0) is 30.9 Å². The Morgan fingerprint density at radius 1 is 1.30 bits per heavy atom. The maximum atomic E-state index is 11.5. The number of hydrogen-bond acceptors (Lipinski definition) is 6. The van der Waals surface area contributed by atoms with Crippen LogP contribution in [0.3, 0.4) is 0 Å². The lowest BCUT2D eigenvalue weighted by Gasteiger charge is -2.19. The van der Waals surface area contributed by atoms with Crippen molar-refractivity contribution in [3.8, 4) is 11.3 Å². The Morgan fingerprint density at radius 2 is 2.07 bits per heavy atom. The number of halogens is 1. The monoisotopic (exact) mass is 425 g/mol. The van der Waals surface area contributed by atoms with Crippen molar-refractivity contribution < 1.29 is 8.42 Å². The van der Waals surface area contributed by atoms with Crippen LogP contribution in [0.1, 0.15) is 19.3 Å². The second-order valence-electron chi connectivity index (χ2n) is 6.84. The number of aromatic nitrogens is 3. The van der Waals surface area contributed by atoms with Gasteiger partial charge in [-0.15, -0.1) is 5.10 Å². The molecule has 0 saturated heterocycles. The zero-order chi connectivity index (χ0) is 19.0. The SMILES string of the molecule is CS(=O)(=O)NC1CCCC1CNc1nn2cc(-c3ccc(Cl)cc3)nc2s1. The molecule has 2 aromatic heterocycles. The number of imidazole rings is 1. The quantitative estimate of drug-likeness (QED) is 0.632. The summed E-state index contributed by atoms with van der Waals surface area (Å²) in [5, 5.41) is 9.35. The summed E-state index contributed by atoms with van der Waals surface area (Å²) >= 11 is 7.41. The van der Waals surface area contributed by atoms with E-state index in [2.05, 4.69) is 20.1 Å². The molecule has 1 aliphatic rings. The molecule has 10 heteroatoms. The number of nitrogens with one attached hydrogen (secondary N) is 2. The first-order chi connectivity index (χ1) is 12.9. The summed E-state index contributed by atoms with van der Waals surface area (Å²) in [5.41, 5.74) is 1.84. The molecule has 1 aliphatic carbocycles. The summed E-state index contributed by atoms with van der Waals surface area (Å²) in [4.78, 5) is 5.43. The largest absolute Gasteiger partial charge is 0.360 e. The van der Waals surface area contributed by atoms with Crippen LogP contribution in [-0.4, -0.2) is 41.9 Å². The molecule has 0 aliphatic heterocycles. The first kappa shape index (κ1) is 18.7. The van der Waals surface area contributed by atoms with E-state index in [1.807, 2.05) is 30.5 Å². The number of fused-ring (bicyclic) bond motifs is 1. The molecule has 2 unspecified atom stereocenters. The van der Waals surface area contributed by atoms with Crippen LogP contribution in [0.4, 0.5) is 5.13 Å². The summed E-state index contributed by atoms with van der Waals surface area (Å²) in [5.74, 6) is 0.264. The van der Waals surface area contributed by atoms with E-state index in [1.165, 1.54) is 17.6 Å². The van der Waals surface area contributed by atoms with Crippen LogP contribution in [0.5, 0.6) is 0 Å². The molecule has 0 bridgehead atoms. The smallest absolute Gasteiger partial charge is 0.214 e. The van der Waals surface area contributed by atoms with E-state index < -0.39 is 10.0 Å². The number of nitrogens with zero attached hydrogens (tertiary/aromatic N) is 3. The average molecular weight is 426 g/mol. The highest BCUT2D eigenvalue weighted by atomic mass is 35.5. The van der Waals surface area contributed by atoms with Crippen molar-refractivity contribution in [2.75, 3.05) is 18.1 Å². The van der Waals surface area contributed by atoms with Crippen LogP contribution in [0, 0.1) is 5.92 Å². The van der Waals surface area contributed by atoms with E-state index in [9.17, 15) is 8.42 Å². The van der Waals surface area contributed by atoms with Gasteiger partial charge in [-0.25, -0.2) is 22.6 Å². The van der Waals surface area contributed by atoms with Crippen molar-refractivity contribution in [1.29, 1.82) is 0 Å². The average Bonchev–Trinajstić information content (AvgIpc) is 3.27. The topological polar surface area (TPSA) is 88.4 Å². The molecule has 2 atom stereocenters. The number of hydrogen-bond donors (Lipinski definition) is 2. The van der Waals surface area contributed by atoms with Gasteiger partial charge in [0, 0.05) is 23.2 Å². The van der Waals surface area contributed by atoms with Crippen LogP contribution < -0.4 is 10.0 Å². The molecule has 1 fully saturated rings. The fourth-order valence-electron chi connectivity index (χ4n) is 3.46. The molecular formula is C17H20ClN5O2S2. The fraction of sp³-hybridized carbons (Fsp3) is 0.412. The molecule has 3 aromatic rings. The minimum atomic E-state index is -3.18. The molecule has 4 rings (SSSR count). The summed E-state index contributed by atoms with van der Waals surface area (Å²) in [7, 11) is -3.18. The third kappa shape index (κ3) is 4.43. The lowest BCUT2D eigenvalue weighted by molar-refractivity contribution is 0.463. The van der Waals surface area contributed by atoms with Crippen LogP contribution in [0.15, 0.2) is 30.5 Å². The van der Waals surface area contributed by atoms with Crippen molar-refractivity contribution in [3.63, 3.8) is 0 Å². The van der Waals surface area contributed by atoms with E-state index >= 15 is 0 Å². The van der Waals surface area contributed by atoms with E-state index in [0.29, 0.717) is 11.6 Å². The van der Waals surface area contributed by atoms with Gasteiger partial charge in [0.25, 0.3) is 0 Å². The van der Waals surface area contributed by atoms with Crippen molar-refractivity contribution in [1.82, 2.24) is 19.3 Å². The van der Waals surface area contributed by atoms with Gasteiger partial charge in [-0.2, -0.15) is 0 Å². The Balaban J connectivity index is 1.43. The molecule has 2 heterocycles. The minimum Gasteiger partial charge on any atom is -0.360 e. The second-order valence-corrected chi connectivity index (χ2v) is 10.0. The molecule has 1 aromatic carbocycles. The van der Waals surface area contributed by atoms with Gasteiger partial charge >= 0.3 is 0 Å². The third-order valence-corrected chi connectivity index (χ3v) is 6.59. The highest BCUT2D eigenvalue weighted by Gasteiger charge is 2.29. The summed E-state index contributed by atoms with van der Waals surface area (Å²) in [6.45, 7) is 0.688. The predicted molar refractivity (Wildman–Crippen MR) is 109 cm³/mol. The first-order valence-corrected chi connectivity index (χ1v) is 11.8. The zero-order valence-corrected chi connectivity index (χ0v) is 17.1. The Bertz CT molecular complexity index is 1010. The Labute approximate surface area is 166 Å². The van der Waals surface area contributed by atoms with Crippen LogP contribution in [0.25, 0.3) is 16.2 Å². The lowest BCUT2D eigenvalue weighted by Crippen LogP contribution is -2.38. The second kappa shape index (κ2) is 7.38. The molecule has 0 radical (unpaired) electrons. The molecule has 1 saturated carbocycles. The number of anilines is 1. The Hall–Kier alpha value is -1.68. The molecule has 2 N–H and O–H groups in total. The van der Waals surface area contributed by atoms with Crippen LogP contribution >= 0.6 is 22.9 Å². The molecule has 7 nitrogen and oxygen atoms in total. The van der Waals surface area contributed by atoms with Gasteiger partial charge in [0.15, 0.2) is 0 Å². The third-order valence-electron chi connectivity index (χ3n) is 4.72. The van der Waals surface area contributed by atoms with Crippen molar-refractivity contribution in [2.24, 2.45) is 5.92 Å². The van der Waals surface area contributed by atoms with Gasteiger partial charge in [-0.3, -0.25) is 0 Å². The van der Waals surface area contributed by atoms with E-state index in [4.69, 9.17) is 11.6 Å². The fourth-order valence-corrected chi connectivity index (χ4v) is 5.24. The number of sulfonamides is 1. The van der Waals surface area contributed by atoms with Gasteiger partial charge in [0.1, 0.15) is 0 Å². The zero-order valence-electron chi connectivity index (χ0n) is 14.7. The predicted octanol–water partition coefficient (Wildman–Crippen LogP) is 3.24. The Kier molecular flexibility index (Phi) is 5.11. The number of rotatable bonds is 6. The number of benzene rings is 1.